The highest BCUT2D eigenvalue weighted by Gasteiger charge is 2.39. The van der Waals surface area contributed by atoms with Gasteiger partial charge in [-0.15, -0.1) is 0 Å². The summed E-state index contributed by atoms with van der Waals surface area (Å²) < 4.78 is 5.25. The summed E-state index contributed by atoms with van der Waals surface area (Å²) in [5, 5.41) is 3.31. The zero-order valence-electron chi connectivity index (χ0n) is 9.18. The summed E-state index contributed by atoms with van der Waals surface area (Å²) in [5.41, 5.74) is 2.90. The highest BCUT2D eigenvalue weighted by molar-refractivity contribution is 7.78. The first-order valence-electron chi connectivity index (χ1n) is 5.58. The van der Waals surface area contributed by atoms with Crippen LogP contribution in [0.3, 0.4) is 0 Å². The number of nitrogens with one attached hydrogen (secondary N) is 1. The Morgan fingerprint density at radius 3 is 3.24 bits per heavy atom. The van der Waals surface area contributed by atoms with E-state index in [1.807, 2.05) is 17.0 Å². The van der Waals surface area contributed by atoms with Crippen LogP contribution in [0.1, 0.15) is 22.0 Å². The number of carbonyl (C=O) groups excluding carboxylic acids is 1. The number of thiocarbonyl (C=S) groups is 1. The Labute approximate surface area is 105 Å². The molecule has 0 saturated carbocycles. The summed E-state index contributed by atoms with van der Waals surface area (Å²) in [6, 6.07) is 5.81. The van der Waals surface area contributed by atoms with E-state index in [0.717, 1.165) is 25.2 Å². The summed E-state index contributed by atoms with van der Waals surface area (Å²) in [5.74, 6) is 0.621. The van der Waals surface area contributed by atoms with E-state index in [4.69, 9.17) is 4.74 Å². The molecule has 1 fully saturated rings. The molecule has 4 nitrogen and oxygen atoms in total. The number of hydrogen-bond donors (Lipinski definition) is 1. The van der Waals surface area contributed by atoms with Crippen molar-refractivity contribution in [3.63, 3.8) is 0 Å². The molecule has 0 unspecified atom stereocenters. The van der Waals surface area contributed by atoms with E-state index in [0.29, 0.717) is 11.3 Å². The van der Waals surface area contributed by atoms with Gasteiger partial charge in [0, 0.05) is 19.6 Å². The second kappa shape index (κ2) is 4.09. The predicted molar refractivity (Wildman–Crippen MR) is 67.4 cm³/mol. The summed E-state index contributed by atoms with van der Waals surface area (Å²) in [6.07, 6.45) is 0. The van der Waals surface area contributed by atoms with Gasteiger partial charge in [-0.3, -0.25) is 4.79 Å². The monoisotopic (exact) mass is 248 g/mol. The molecule has 3 rings (SSSR count). The molecule has 88 valence electrons. The third-order valence-corrected chi connectivity index (χ3v) is 3.41. The lowest BCUT2D eigenvalue weighted by atomic mass is 10.0. The number of hydrogen-bond acceptors (Lipinski definition) is 4. The molecule has 17 heavy (non-hydrogen) atoms. The maximum Gasteiger partial charge on any atom is 0.258 e. The Morgan fingerprint density at radius 2 is 2.41 bits per heavy atom. The van der Waals surface area contributed by atoms with Crippen molar-refractivity contribution in [3.05, 3.63) is 29.3 Å². The fourth-order valence-electron chi connectivity index (χ4n) is 2.57. The molecule has 0 bridgehead atoms. The summed E-state index contributed by atoms with van der Waals surface area (Å²) in [7, 11) is 0. The summed E-state index contributed by atoms with van der Waals surface area (Å²) in [4.78, 5) is 14.2. The molecule has 2 aliphatic heterocycles. The first-order chi connectivity index (χ1) is 8.33. The largest absolute Gasteiger partial charge is 0.453 e. The average Bonchev–Trinajstić information content (AvgIpc) is 2.66. The predicted octanol–water partition coefficient (Wildman–Crippen LogP) is 1.12. The van der Waals surface area contributed by atoms with E-state index in [9.17, 15) is 4.79 Å². The number of piperazine rings is 1. The van der Waals surface area contributed by atoms with E-state index in [1.54, 1.807) is 6.07 Å². The van der Waals surface area contributed by atoms with Gasteiger partial charge >= 0.3 is 0 Å². The summed E-state index contributed by atoms with van der Waals surface area (Å²) >= 11 is 4.69. The smallest absolute Gasteiger partial charge is 0.258 e. The molecule has 0 aliphatic carbocycles. The van der Waals surface area contributed by atoms with Crippen LogP contribution in [-0.2, 0) is 0 Å². The standard InChI is InChI=1S/C12H12N2O2S/c15-12-11-8(2-1-3-10(11)16-7-17)9-6-13-4-5-14(9)12/h1-3,7,9,13H,4-6H2/t9-/m1/s1. The van der Waals surface area contributed by atoms with E-state index >= 15 is 0 Å². The van der Waals surface area contributed by atoms with Crippen LogP contribution in [0.5, 0.6) is 5.75 Å². The molecule has 1 saturated heterocycles. The van der Waals surface area contributed by atoms with Gasteiger partial charge in [-0.2, -0.15) is 0 Å². The summed E-state index contributed by atoms with van der Waals surface area (Å²) in [6.45, 7) is 2.40. The van der Waals surface area contributed by atoms with E-state index < -0.39 is 0 Å². The lowest BCUT2D eigenvalue weighted by Crippen LogP contribution is -2.44. The lowest BCUT2D eigenvalue weighted by Gasteiger charge is -2.30. The van der Waals surface area contributed by atoms with Crippen molar-refractivity contribution in [1.82, 2.24) is 10.2 Å². The normalized spacial score (nSPS) is 22.0. The van der Waals surface area contributed by atoms with Crippen LogP contribution < -0.4 is 10.1 Å². The van der Waals surface area contributed by atoms with Crippen LogP contribution in [0.2, 0.25) is 0 Å². The number of carbonyl (C=O) groups is 1. The first-order valence-corrected chi connectivity index (χ1v) is 6.05. The van der Waals surface area contributed by atoms with Crippen LogP contribution in [0.25, 0.3) is 0 Å². The van der Waals surface area contributed by atoms with E-state index in [1.165, 1.54) is 5.55 Å². The topological polar surface area (TPSA) is 41.6 Å². The minimum atomic E-state index is 0.0546. The van der Waals surface area contributed by atoms with Crippen molar-refractivity contribution < 1.29 is 9.53 Å². The first kappa shape index (κ1) is 10.7. The fraction of sp³-hybridized carbons (Fsp3) is 0.333. The Bertz CT molecular complexity index is 489. The Morgan fingerprint density at radius 1 is 1.53 bits per heavy atom. The maximum absolute atomic E-state index is 12.3. The van der Waals surface area contributed by atoms with Crippen LogP contribution in [0.15, 0.2) is 18.2 Å². The molecule has 1 atom stereocenters. The van der Waals surface area contributed by atoms with E-state index in [-0.39, 0.29) is 11.9 Å². The molecule has 5 heteroatoms. The minimum Gasteiger partial charge on any atom is -0.453 e. The number of nitrogens with zero attached hydrogens (tertiary/aromatic N) is 1. The van der Waals surface area contributed by atoms with Crippen molar-refractivity contribution in [1.29, 1.82) is 0 Å². The van der Waals surface area contributed by atoms with Gasteiger partial charge in [0.25, 0.3) is 5.91 Å². The second-order valence-electron chi connectivity index (χ2n) is 4.15. The highest BCUT2D eigenvalue weighted by Crippen LogP contribution is 2.38. The number of amides is 1. The molecule has 1 N–H and O–H groups in total. The van der Waals surface area contributed by atoms with Gasteiger partial charge in [-0.25, -0.2) is 0 Å². The molecule has 2 aliphatic rings. The zero-order chi connectivity index (χ0) is 11.8. The van der Waals surface area contributed by atoms with Crippen molar-refractivity contribution in [2.75, 3.05) is 19.6 Å². The Hall–Kier alpha value is -1.46. The van der Waals surface area contributed by atoms with Gasteiger partial charge in [-0.1, -0.05) is 12.1 Å². The average molecular weight is 248 g/mol. The van der Waals surface area contributed by atoms with Gasteiger partial charge < -0.3 is 15.0 Å². The third-order valence-electron chi connectivity index (χ3n) is 3.31. The molecule has 0 spiro atoms. The van der Waals surface area contributed by atoms with Gasteiger partial charge in [0.2, 0.25) is 0 Å². The molecule has 0 radical (unpaired) electrons. The molecule has 1 aromatic carbocycles. The van der Waals surface area contributed by atoms with Crippen molar-refractivity contribution >= 4 is 23.7 Å². The molecule has 1 aromatic rings. The lowest BCUT2D eigenvalue weighted by molar-refractivity contribution is 0.0689. The number of ether oxygens (including phenoxy) is 1. The Kier molecular flexibility index (Phi) is 2.57. The van der Waals surface area contributed by atoms with Crippen molar-refractivity contribution in [3.8, 4) is 5.75 Å². The zero-order valence-corrected chi connectivity index (χ0v) is 10.00. The van der Waals surface area contributed by atoms with Crippen molar-refractivity contribution in [2.24, 2.45) is 0 Å². The van der Waals surface area contributed by atoms with Crippen LogP contribution in [0.4, 0.5) is 0 Å². The number of rotatable bonds is 2. The van der Waals surface area contributed by atoms with Crippen LogP contribution in [0, 0.1) is 0 Å². The maximum atomic E-state index is 12.3. The molecule has 1 amide bonds. The molecular formula is C12H12N2O2S. The second-order valence-corrected chi connectivity index (χ2v) is 4.35. The quantitative estimate of drug-likeness (QED) is 0.796. The van der Waals surface area contributed by atoms with Gasteiger partial charge in [0.1, 0.15) is 5.75 Å². The van der Waals surface area contributed by atoms with Gasteiger partial charge in [-0.05, 0) is 23.8 Å². The van der Waals surface area contributed by atoms with E-state index in [2.05, 4.69) is 17.5 Å². The fourth-order valence-corrected chi connectivity index (χ4v) is 2.68. The number of benzene rings is 1. The third kappa shape index (κ3) is 1.54. The van der Waals surface area contributed by atoms with Crippen LogP contribution >= 0.6 is 12.2 Å². The Balaban J connectivity index is 2.10. The number of fused-ring (bicyclic) bond motifs is 3. The molecule has 0 aromatic heterocycles. The molecule has 2 heterocycles. The van der Waals surface area contributed by atoms with Crippen LogP contribution in [-0.4, -0.2) is 36.0 Å². The SMILES string of the molecule is O=C1c2c(OC=S)cccc2[C@H]2CNCCN12. The van der Waals surface area contributed by atoms with Gasteiger partial charge in [0.15, 0.2) is 5.55 Å². The highest BCUT2D eigenvalue weighted by atomic mass is 32.1. The van der Waals surface area contributed by atoms with Crippen molar-refractivity contribution in [2.45, 2.75) is 6.04 Å². The molecular weight excluding hydrogens is 236 g/mol. The minimum absolute atomic E-state index is 0.0546. The van der Waals surface area contributed by atoms with Gasteiger partial charge in [0.05, 0.1) is 11.6 Å².